The Bertz CT molecular complexity index is 2620. The molecule has 0 saturated carbocycles. The van der Waals surface area contributed by atoms with Gasteiger partial charge in [0.05, 0.1) is 5.52 Å². The third-order valence-electron chi connectivity index (χ3n) is 10.8. The van der Waals surface area contributed by atoms with Gasteiger partial charge in [-0.3, -0.25) is 0 Å². The Labute approximate surface area is 274 Å². The van der Waals surface area contributed by atoms with Crippen molar-refractivity contribution < 1.29 is 0 Å². The molecule has 2 aromatic heterocycles. The molecule has 0 atom stereocenters. The highest BCUT2D eigenvalue weighted by Gasteiger charge is 2.37. The fourth-order valence-electron chi connectivity index (χ4n) is 8.39. The van der Waals surface area contributed by atoms with Crippen LogP contribution in [0.25, 0.3) is 82.6 Å². The molecule has 2 heterocycles. The van der Waals surface area contributed by atoms with E-state index < -0.39 is 0 Å². The van der Waals surface area contributed by atoms with Gasteiger partial charge in [0.15, 0.2) is 0 Å². The summed E-state index contributed by atoms with van der Waals surface area (Å²) >= 11 is 0. The van der Waals surface area contributed by atoms with E-state index >= 15 is 0 Å². The second kappa shape index (κ2) is 9.70. The van der Waals surface area contributed by atoms with Crippen LogP contribution >= 0.6 is 0 Å². The molecule has 2 N–H and O–H groups in total. The van der Waals surface area contributed by atoms with Crippen molar-refractivity contribution in [1.29, 1.82) is 0 Å². The first kappa shape index (κ1) is 26.6. The summed E-state index contributed by atoms with van der Waals surface area (Å²) in [6.45, 7) is 4.76. The fraction of sp³-hybridized carbons (Fsp3) is 0.111. The molecule has 10 rings (SSSR count). The van der Waals surface area contributed by atoms with Gasteiger partial charge in [-0.15, -0.1) is 0 Å². The maximum atomic E-state index is 3.79. The lowest BCUT2D eigenvalue weighted by Gasteiger charge is -2.23. The summed E-state index contributed by atoms with van der Waals surface area (Å²) in [5.74, 6) is 0. The normalized spacial score (nSPS) is 15.3. The molecule has 224 valence electrons. The van der Waals surface area contributed by atoms with Crippen LogP contribution in [0.3, 0.4) is 0 Å². The summed E-state index contributed by atoms with van der Waals surface area (Å²) in [4.78, 5) is 7.55. The first-order valence-corrected chi connectivity index (χ1v) is 16.7. The molecule has 0 unspecified atom stereocenters. The molecular formula is C45H34N2. The van der Waals surface area contributed by atoms with Gasteiger partial charge in [0.2, 0.25) is 0 Å². The van der Waals surface area contributed by atoms with Gasteiger partial charge in [0, 0.05) is 49.1 Å². The van der Waals surface area contributed by atoms with Crippen LogP contribution in [0.4, 0.5) is 0 Å². The van der Waals surface area contributed by atoms with Crippen LogP contribution in [0.15, 0.2) is 139 Å². The number of hydrogen-bond donors (Lipinski definition) is 2. The minimum absolute atomic E-state index is 0.0354. The van der Waals surface area contributed by atoms with Gasteiger partial charge in [0.25, 0.3) is 0 Å². The zero-order valence-corrected chi connectivity index (χ0v) is 26.6. The van der Waals surface area contributed by atoms with Crippen LogP contribution in [-0.4, -0.2) is 9.97 Å². The second-order valence-corrected chi connectivity index (χ2v) is 13.9. The molecule has 6 aromatic carbocycles. The molecule has 0 radical (unpaired) electrons. The highest BCUT2D eigenvalue weighted by atomic mass is 14.7. The fourth-order valence-corrected chi connectivity index (χ4v) is 8.39. The average molecular weight is 603 g/mol. The highest BCUT2D eigenvalue weighted by molar-refractivity contribution is 6.15. The zero-order valence-electron chi connectivity index (χ0n) is 26.6. The summed E-state index contributed by atoms with van der Waals surface area (Å²) in [5, 5.41) is 5.10. The van der Waals surface area contributed by atoms with E-state index in [4.69, 9.17) is 0 Å². The molecule has 2 aliphatic rings. The molecule has 2 heteroatoms. The molecule has 0 amide bonds. The number of nitrogens with one attached hydrogen (secondary N) is 2. The Hall–Kier alpha value is -5.60. The first-order chi connectivity index (χ1) is 23.0. The van der Waals surface area contributed by atoms with Gasteiger partial charge in [-0.25, -0.2) is 0 Å². The van der Waals surface area contributed by atoms with Gasteiger partial charge in [-0.1, -0.05) is 98.8 Å². The lowest BCUT2D eigenvalue weighted by Crippen LogP contribution is -2.16. The minimum Gasteiger partial charge on any atom is -0.355 e. The molecule has 8 aromatic rings. The smallest absolute Gasteiger partial charge is 0.0544 e. The number of hydrogen-bond acceptors (Lipinski definition) is 0. The summed E-state index contributed by atoms with van der Waals surface area (Å²) < 4.78 is 0. The van der Waals surface area contributed by atoms with Crippen LogP contribution in [0, 0.1) is 0 Å². The van der Waals surface area contributed by atoms with Crippen molar-refractivity contribution >= 4 is 49.2 Å². The van der Waals surface area contributed by atoms with Gasteiger partial charge < -0.3 is 9.97 Å². The monoisotopic (exact) mass is 602 g/mol. The van der Waals surface area contributed by atoms with Crippen molar-refractivity contribution in [2.24, 2.45) is 0 Å². The standard InChI is InChI=1S/C45H34N2/c1-45(2)39-16-10-9-15-32(39)34-25-37-35-21-29(17-19-41(35)46-43(37)26-40(34)45)30-18-20-42-36(22-30)38-24-31(27-11-5-3-6-12-27)23-33(44(38)47-42)28-13-7-4-8-14-28/h3-8,10-14,16-26,46-47H,9,15H2,1-2H3. The average Bonchev–Trinajstić information content (AvgIpc) is 3.74. The van der Waals surface area contributed by atoms with Crippen molar-refractivity contribution in [1.82, 2.24) is 9.97 Å². The quantitative estimate of drug-likeness (QED) is 0.202. The lowest BCUT2D eigenvalue weighted by atomic mass is 9.80. The third-order valence-corrected chi connectivity index (χ3v) is 10.8. The molecule has 2 nitrogen and oxygen atoms in total. The SMILES string of the molecule is CC1(C)C2=C(CCC=C2)c2cc3c(cc21)[nH]c1ccc(-c2ccc4[nH]c5c(-c6ccccc6)cc(-c6ccccc6)cc5c4c2)cc13. The molecule has 0 saturated heterocycles. The van der Waals surface area contributed by atoms with Gasteiger partial charge in [-0.05, 0) is 111 Å². The van der Waals surface area contributed by atoms with E-state index in [1.54, 1.807) is 0 Å². The van der Waals surface area contributed by atoms with E-state index in [-0.39, 0.29) is 5.41 Å². The molecule has 0 spiro atoms. The summed E-state index contributed by atoms with van der Waals surface area (Å²) in [5.41, 5.74) is 18.1. The topological polar surface area (TPSA) is 31.6 Å². The molecule has 0 aliphatic heterocycles. The van der Waals surface area contributed by atoms with E-state index in [0.717, 1.165) is 18.4 Å². The van der Waals surface area contributed by atoms with Crippen LogP contribution < -0.4 is 0 Å². The van der Waals surface area contributed by atoms with Crippen LogP contribution in [0.5, 0.6) is 0 Å². The van der Waals surface area contributed by atoms with Crippen molar-refractivity contribution in [3.63, 3.8) is 0 Å². The molecule has 47 heavy (non-hydrogen) atoms. The second-order valence-electron chi connectivity index (χ2n) is 13.9. The molecule has 0 fully saturated rings. The predicted molar refractivity (Wildman–Crippen MR) is 200 cm³/mol. The number of rotatable bonds is 3. The Morgan fingerprint density at radius 1 is 0.511 bits per heavy atom. The predicted octanol–water partition coefficient (Wildman–Crippen LogP) is 12.4. The number of aromatic nitrogens is 2. The maximum absolute atomic E-state index is 3.79. The van der Waals surface area contributed by atoms with Gasteiger partial charge in [-0.2, -0.15) is 0 Å². The first-order valence-electron chi connectivity index (χ1n) is 16.7. The van der Waals surface area contributed by atoms with E-state index in [9.17, 15) is 0 Å². The number of fused-ring (bicyclic) bond motifs is 8. The van der Waals surface area contributed by atoms with Crippen molar-refractivity contribution in [3.8, 4) is 33.4 Å². The Morgan fingerprint density at radius 2 is 1.15 bits per heavy atom. The molecular weight excluding hydrogens is 569 g/mol. The largest absolute Gasteiger partial charge is 0.355 e. The third kappa shape index (κ3) is 3.91. The zero-order chi connectivity index (χ0) is 31.3. The number of benzene rings is 6. The highest BCUT2D eigenvalue weighted by Crippen LogP contribution is 2.51. The van der Waals surface area contributed by atoms with E-state index in [1.165, 1.54) is 93.7 Å². The van der Waals surface area contributed by atoms with Crippen molar-refractivity contribution in [2.75, 3.05) is 0 Å². The van der Waals surface area contributed by atoms with Crippen LogP contribution in [-0.2, 0) is 5.41 Å². The lowest BCUT2D eigenvalue weighted by molar-refractivity contribution is 0.652. The molecule has 0 bridgehead atoms. The van der Waals surface area contributed by atoms with Crippen molar-refractivity contribution in [3.05, 3.63) is 150 Å². The Morgan fingerprint density at radius 3 is 1.89 bits per heavy atom. The summed E-state index contributed by atoms with van der Waals surface area (Å²) in [7, 11) is 0. The number of H-pyrrole nitrogens is 2. The summed E-state index contributed by atoms with van der Waals surface area (Å²) in [6.07, 6.45) is 6.97. The van der Waals surface area contributed by atoms with Crippen LogP contribution in [0.2, 0.25) is 0 Å². The Balaban J connectivity index is 1.15. The van der Waals surface area contributed by atoms with Gasteiger partial charge in [0.1, 0.15) is 0 Å². The van der Waals surface area contributed by atoms with E-state index in [2.05, 4.69) is 157 Å². The maximum Gasteiger partial charge on any atom is 0.0544 e. The number of aromatic amines is 2. The van der Waals surface area contributed by atoms with E-state index in [1.807, 2.05) is 0 Å². The molecule has 2 aliphatic carbocycles. The van der Waals surface area contributed by atoms with Gasteiger partial charge >= 0.3 is 0 Å². The minimum atomic E-state index is 0.0354. The van der Waals surface area contributed by atoms with Crippen LogP contribution in [0.1, 0.15) is 37.8 Å². The van der Waals surface area contributed by atoms with Crippen molar-refractivity contribution in [2.45, 2.75) is 32.1 Å². The summed E-state index contributed by atoms with van der Waals surface area (Å²) in [6, 6.07) is 44.8. The Kier molecular flexibility index (Phi) is 5.49. The number of allylic oxidation sites excluding steroid dienone is 4. The van der Waals surface area contributed by atoms with E-state index in [0.29, 0.717) is 0 Å².